The van der Waals surface area contributed by atoms with Crippen molar-refractivity contribution >= 4 is 17.8 Å². The Kier molecular flexibility index (Phi) is 5.71. The molecule has 0 aliphatic carbocycles. The molecule has 2 aromatic rings. The second-order valence-electron chi connectivity index (χ2n) is 5.44. The third-order valence-electron chi connectivity index (χ3n) is 4.11. The summed E-state index contributed by atoms with van der Waals surface area (Å²) < 4.78 is 21.1. The van der Waals surface area contributed by atoms with Gasteiger partial charge in [0.2, 0.25) is 0 Å². The van der Waals surface area contributed by atoms with Gasteiger partial charge in [-0.2, -0.15) is 0 Å². The van der Waals surface area contributed by atoms with Crippen molar-refractivity contribution in [3.63, 3.8) is 0 Å². The van der Waals surface area contributed by atoms with E-state index in [9.17, 15) is 9.59 Å². The number of aldehydes is 1. The molecule has 7 heteroatoms. The van der Waals surface area contributed by atoms with Crippen LogP contribution in [-0.2, 0) is 0 Å². The fourth-order valence-electron chi connectivity index (χ4n) is 2.77. The van der Waals surface area contributed by atoms with Crippen LogP contribution in [0.25, 0.3) is 0 Å². The standard InChI is InChI=1S/C19H21NO6/c1-10-14(9-21)16(20)19(26-5)18(25-4)15(10)17(22)11-6-12(23-2)8-13(7-11)24-3/h6-9H,20H2,1-5H3. The summed E-state index contributed by atoms with van der Waals surface area (Å²) in [6, 6.07) is 4.81. The van der Waals surface area contributed by atoms with Gasteiger partial charge in [-0.05, 0) is 24.6 Å². The highest BCUT2D eigenvalue weighted by atomic mass is 16.5. The minimum atomic E-state index is -0.377. The molecule has 0 atom stereocenters. The number of ether oxygens (including phenoxy) is 4. The normalized spacial score (nSPS) is 10.2. The molecule has 0 amide bonds. The zero-order chi connectivity index (χ0) is 19.4. The second kappa shape index (κ2) is 7.77. The molecule has 0 fully saturated rings. The van der Waals surface area contributed by atoms with E-state index in [2.05, 4.69) is 0 Å². The summed E-state index contributed by atoms with van der Waals surface area (Å²) in [5, 5.41) is 0. The van der Waals surface area contributed by atoms with Gasteiger partial charge in [-0.25, -0.2) is 0 Å². The molecule has 0 heterocycles. The summed E-state index contributed by atoms with van der Waals surface area (Å²) in [5.41, 5.74) is 7.20. The van der Waals surface area contributed by atoms with Crippen LogP contribution in [0.5, 0.6) is 23.0 Å². The molecule has 0 aromatic heterocycles. The Morgan fingerprint density at radius 2 is 1.46 bits per heavy atom. The van der Waals surface area contributed by atoms with E-state index in [1.807, 2.05) is 0 Å². The number of hydrogen-bond acceptors (Lipinski definition) is 7. The summed E-state index contributed by atoms with van der Waals surface area (Å²) in [4.78, 5) is 24.7. The van der Waals surface area contributed by atoms with Crippen LogP contribution in [0.1, 0.15) is 31.8 Å². The molecular weight excluding hydrogens is 338 g/mol. The third kappa shape index (κ3) is 3.15. The number of rotatable bonds is 7. The number of ketones is 1. The number of hydrogen-bond donors (Lipinski definition) is 1. The van der Waals surface area contributed by atoms with Crippen LogP contribution >= 0.6 is 0 Å². The third-order valence-corrected chi connectivity index (χ3v) is 4.11. The predicted molar refractivity (Wildman–Crippen MR) is 97.1 cm³/mol. The van der Waals surface area contributed by atoms with Gasteiger partial charge in [-0.1, -0.05) is 0 Å². The van der Waals surface area contributed by atoms with Gasteiger partial charge < -0.3 is 24.7 Å². The molecular formula is C19H21NO6. The molecule has 0 saturated carbocycles. The number of nitrogens with two attached hydrogens (primary N) is 1. The summed E-state index contributed by atoms with van der Waals surface area (Å²) in [6.07, 6.45) is 0.593. The van der Waals surface area contributed by atoms with E-state index in [0.29, 0.717) is 28.9 Å². The molecule has 2 N–H and O–H groups in total. The molecule has 138 valence electrons. The van der Waals surface area contributed by atoms with Crippen LogP contribution in [-0.4, -0.2) is 40.5 Å². The van der Waals surface area contributed by atoms with Crippen molar-refractivity contribution in [2.75, 3.05) is 34.2 Å². The number of nitrogen functional groups attached to an aromatic ring is 1. The summed E-state index contributed by atoms with van der Waals surface area (Å²) >= 11 is 0. The highest BCUT2D eigenvalue weighted by Gasteiger charge is 2.27. The van der Waals surface area contributed by atoms with E-state index < -0.39 is 0 Å². The van der Waals surface area contributed by atoms with Gasteiger partial charge in [-0.3, -0.25) is 9.59 Å². The summed E-state index contributed by atoms with van der Waals surface area (Å²) in [6.45, 7) is 1.63. The van der Waals surface area contributed by atoms with E-state index in [1.165, 1.54) is 28.4 Å². The molecule has 0 unspecified atom stereocenters. The maximum atomic E-state index is 13.2. The highest BCUT2D eigenvalue weighted by molar-refractivity contribution is 6.14. The molecule has 26 heavy (non-hydrogen) atoms. The monoisotopic (exact) mass is 359 g/mol. The number of methoxy groups -OCH3 is 4. The Morgan fingerprint density at radius 1 is 0.923 bits per heavy atom. The van der Waals surface area contributed by atoms with Gasteiger partial charge in [0.25, 0.3) is 0 Å². The van der Waals surface area contributed by atoms with Gasteiger partial charge >= 0.3 is 0 Å². The Morgan fingerprint density at radius 3 is 1.88 bits per heavy atom. The van der Waals surface area contributed by atoms with E-state index >= 15 is 0 Å². The highest BCUT2D eigenvalue weighted by Crippen LogP contribution is 2.42. The Bertz CT molecular complexity index is 838. The second-order valence-corrected chi connectivity index (χ2v) is 5.44. The van der Waals surface area contributed by atoms with E-state index in [1.54, 1.807) is 25.1 Å². The van der Waals surface area contributed by atoms with Crippen molar-refractivity contribution in [1.29, 1.82) is 0 Å². The molecule has 7 nitrogen and oxygen atoms in total. The van der Waals surface area contributed by atoms with Crippen LogP contribution in [0.4, 0.5) is 5.69 Å². The SMILES string of the molecule is COc1cc(OC)cc(C(=O)c2c(C)c(C=O)c(N)c(OC)c2OC)c1. The Labute approximate surface area is 151 Å². The van der Waals surface area contributed by atoms with E-state index in [4.69, 9.17) is 24.7 Å². The van der Waals surface area contributed by atoms with Crippen LogP contribution in [0.2, 0.25) is 0 Å². The molecule has 0 radical (unpaired) electrons. The van der Waals surface area contributed by atoms with Crippen molar-refractivity contribution in [2.45, 2.75) is 6.92 Å². The topological polar surface area (TPSA) is 97.1 Å². The first-order valence-electron chi connectivity index (χ1n) is 7.70. The largest absolute Gasteiger partial charge is 0.497 e. The molecule has 2 rings (SSSR count). The number of carbonyl (C=O) groups is 2. The molecule has 2 aromatic carbocycles. The lowest BCUT2D eigenvalue weighted by atomic mass is 9.93. The average molecular weight is 359 g/mol. The van der Waals surface area contributed by atoms with Crippen LogP contribution < -0.4 is 24.7 Å². The van der Waals surface area contributed by atoms with Crippen LogP contribution in [0, 0.1) is 6.92 Å². The van der Waals surface area contributed by atoms with Gasteiger partial charge in [0.05, 0.1) is 39.7 Å². The fraction of sp³-hybridized carbons (Fsp3) is 0.263. The van der Waals surface area contributed by atoms with Gasteiger partial charge in [0, 0.05) is 17.2 Å². The number of benzene rings is 2. The first kappa shape index (κ1) is 19.1. The van der Waals surface area contributed by atoms with Crippen LogP contribution in [0.3, 0.4) is 0 Å². The van der Waals surface area contributed by atoms with Crippen molar-refractivity contribution in [2.24, 2.45) is 0 Å². The summed E-state index contributed by atoms with van der Waals surface area (Å²) in [7, 11) is 5.78. The van der Waals surface area contributed by atoms with Crippen molar-refractivity contribution in [3.05, 3.63) is 40.5 Å². The van der Waals surface area contributed by atoms with Gasteiger partial charge in [-0.15, -0.1) is 0 Å². The number of carbonyl (C=O) groups excluding carboxylic acids is 2. The molecule has 0 bridgehead atoms. The fourth-order valence-corrected chi connectivity index (χ4v) is 2.77. The van der Waals surface area contributed by atoms with Gasteiger partial charge in [0.15, 0.2) is 23.6 Å². The predicted octanol–water partition coefficient (Wildman–Crippen LogP) is 2.66. The van der Waals surface area contributed by atoms with Crippen molar-refractivity contribution < 1.29 is 28.5 Å². The maximum absolute atomic E-state index is 13.2. The maximum Gasteiger partial charge on any atom is 0.197 e. The lowest BCUT2D eigenvalue weighted by molar-refractivity contribution is 0.103. The quantitative estimate of drug-likeness (QED) is 0.461. The average Bonchev–Trinajstić information content (AvgIpc) is 2.66. The first-order valence-corrected chi connectivity index (χ1v) is 7.70. The zero-order valence-corrected chi connectivity index (χ0v) is 15.3. The zero-order valence-electron chi connectivity index (χ0n) is 15.3. The first-order chi connectivity index (χ1) is 12.4. The molecule has 0 saturated heterocycles. The lowest BCUT2D eigenvalue weighted by Gasteiger charge is -2.19. The molecule has 0 aliphatic rings. The van der Waals surface area contributed by atoms with E-state index in [-0.39, 0.29) is 34.1 Å². The Balaban J connectivity index is 2.79. The molecule has 0 aliphatic heterocycles. The van der Waals surface area contributed by atoms with E-state index in [0.717, 1.165) is 0 Å². The Hall–Kier alpha value is -3.22. The smallest absolute Gasteiger partial charge is 0.197 e. The van der Waals surface area contributed by atoms with Crippen molar-refractivity contribution in [1.82, 2.24) is 0 Å². The van der Waals surface area contributed by atoms with Crippen molar-refractivity contribution in [3.8, 4) is 23.0 Å². The van der Waals surface area contributed by atoms with Crippen LogP contribution in [0.15, 0.2) is 18.2 Å². The summed E-state index contributed by atoms with van der Waals surface area (Å²) in [5.74, 6) is 0.848. The molecule has 0 spiro atoms. The number of anilines is 1. The lowest BCUT2D eigenvalue weighted by Crippen LogP contribution is -2.12. The minimum Gasteiger partial charge on any atom is -0.497 e. The minimum absolute atomic E-state index is 0.122. The van der Waals surface area contributed by atoms with Gasteiger partial charge in [0.1, 0.15) is 11.5 Å².